The molecule has 2 rings (SSSR count). The van der Waals surface area contributed by atoms with Gasteiger partial charge in [0.15, 0.2) is 0 Å². The van der Waals surface area contributed by atoms with Gasteiger partial charge in [-0.3, -0.25) is 0 Å². The molecule has 0 radical (unpaired) electrons. The van der Waals surface area contributed by atoms with Crippen LogP contribution in [-0.4, -0.2) is 24.5 Å². The zero-order chi connectivity index (χ0) is 12.3. The van der Waals surface area contributed by atoms with Crippen molar-refractivity contribution in [3.8, 4) is 0 Å². The molecule has 2 nitrogen and oxygen atoms in total. The van der Waals surface area contributed by atoms with Gasteiger partial charge in [-0.2, -0.15) is 0 Å². The first-order chi connectivity index (χ1) is 8.15. The smallest absolute Gasteiger partial charge is 0.0307 e. The van der Waals surface area contributed by atoms with E-state index in [2.05, 4.69) is 43.0 Å². The molecule has 1 saturated heterocycles. The lowest BCUT2D eigenvalue weighted by Gasteiger charge is -2.19. The molecule has 1 aliphatic rings. The van der Waals surface area contributed by atoms with Crippen LogP contribution in [0.1, 0.15) is 36.9 Å². The average Bonchev–Trinajstić information content (AvgIpc) is 2.72. The molecule has 0 saturated carbocycles. The number of aryl methyl sites for hydroxylation is 1. The van der Waals surface area contributed by atoms with E-state index in [4.69, 9.17) is 5.73 Å². The Balaban J connectivity index is 1.83. The Kier molecular flexibility index (Phi) is 4.19. The number of nitrogens with two attached hydrogens (primary N) is 1. The molecular weight excluding hydrogens is 208 g/mol. The number of hydrogen-bond acceptors (Lipinski definition) is 2. The molecule has 1 aromatic carbocycles. The van der Waals surface area contributed by atoms with Gasteiger partial charge in [-0.1, -0.05) is 36.8 Å². The summed E-state index contributed by atoms with van der Waals surface area (Å²) in [5.74, 6) is 0.866. The molecule has 94 valence electrons. The summed E-state index contributed by atoms with van der Waals surface area (Å²) in [7, 11) is 0. The fourth-order valence-electron chi connectivity index (χ4n) is 2.62. The zero-order valence-electron chi connectivity index (χ0n) is 11.0. The summed E-state index contributed by atoms with van der Waals surface area (Å²) in [6.45, 7) is 8.10. The molecule has 0 aliphatic carbocycles. The minimum atomic E-state index is 0.186. The van der Waals surface area contributed by atoms with Crippen LogP contribution in [0.5, 0.6) is 0 Å². The van der Waals surface area contributed by atoms with Crippen molar-refractivity contribution in [2.45, 2.75) is 32.7 Å². The minimum Gasteiger partial charge on any atom is -0.324 e. The molecule has 2 N–H and O–H groups in total. The van der Waals surface area contributed by atoms with E-state index in [9.17, 15) is 0 Å². The molecule has 1 aliphatic heterocycles. The second kappa shape index (κ2) is 5.65. The molecule has 1 heterocycles. The van der Waals surface area contributed by atoms with Gasteiger partial charge in [0, 0.05) is 12.6 Å². The Bertz CT molecular complexity index is 362. The summed E-state index contributed by atoms with van der Waals surface area (Å²) in [5.41, 5.74) is 8.82. The van der Waals surface area contributed by atoms with Gasteiger partial charge in [-0.25, -0.2) is 0 Å². The number of likely N-dealkylation sites (tertiary alicyclic amines) is 1. The van der Waals surface area contributed by atoms with Crippen LogP contribution in [0.25, 0.3) is 0 Å². The number of nitrogens with zero attached hydrogens (tertiary/aromatic N) is 1. The van der Waals surface area contributed by atoms with E-state index in [1.54, 1.807) is 0 Å². The third-order valence-corrected chi connectivity index (χ3v) is 3.73. The van der Waals surface area contributed by atoms with Crippen LogP contribution in [0.15, 0.2) is 24.3 Å². The van der Waals surface area contributed by atoms with Crippen LogP contribution < -0.4 is 5.73 Å². The second-order valence-electron chi connectivity index (χ2n) is 5.50. The van der Waals surface area contributed by atoms with Gasteiger partial charge in [0.05, 0.1) is 0 Å². The third-order valence-electron chi connectivity index (χ3n) is 3.73. The van der Waals surface area contributed by atoms with E-state index < -0.39 is 0 Å². The SMILES string of the molecule is Cc1cccc(C(N)CCN2CCC(C)C2)c1. The van der Waals surface area contributed by atoms with Gasteiger partial charge in [-0.05, 0) is 44.3 Å². The highest BCUT2D eigenvalue weighted by atomic mass is 15.1. The first-order valence-electron chi connectivity index (χ1n) is 6.69. The van der Waals surface area contributed by atoms with Crippen molar-refractivity contribution in [2.24, 2.45) is 11.7 Å². The molecule has 0 aromatic heterocycles. The van der Waals surface area contributed by atoms with Crippen molar-refractivity contribution in [3.05, 3.63) is 35.4 Å². The summed E-state index contributed by atoms with van der Waals surface area (Å²) in [5, 5.41) is 0. The lowest BCUT2D eigenvalue weighted by molar-refractivity contribution is 0.313. The van der Waals surface area contributed by atoms with Crippen molar-refractivity contribution < 1.29 is 0 Å². The van der Waals surface area contributed by atoms with Crippen molar-refractivity contribution in [1.82, 2.24) is 4.90 Å². The first-order valence-corrected chi connectivity index (χ1v) is 6.69. The average molecular weight is 232 g/mol. The summed E-state index contributed by atoms with van der Waals surface area (Å²) in [6, 6.07) is 8.76. The molecule has 0 bridgehead atoms. The highest BCUT2D eigenvalue weighted by molar-refractivity contribution is 5.24. The maximum atomic E-state index is 6.25. The molecule has 1 fully saturated rings. The van der Waals surface area contributed by atoms with Gasteiger partial charge >= 0.3 is 0 Å². The Morgan fingerprint density at radius 1 is 1.47 bits per heavy atom. The van der Waals surface area contributed by atoms with Crippen LogP contribution in [-0.2, 0) is 0 Å². The van der Waals surface area contributed by atoms with Crippen molar-refractivity contribution >= 4 is 0 Å². The second-order valence-corrected chi connectivity index (χ2v) is 5.50. The Hall–Kier alpha value is -0.860. The molecule has 17 heavy (non-hydrogen) atoms. The monoisotopic (exact) mass is 232 g/mol. The highest BCUT2D eigenvalue weighted by Crippen LogP contribution is 2.19. The number of hydrogen-bond donors (Lipinski definition) is 1. The number of rotatable bonds is 4. The van der Waals surface area contributed by atoms with Crippen molar-refractivity contribution in [2.75, 3.05) is 19.6 Å². The standard InChI is InChI=1S/C15H24N2/c1-12-4-3-5-14(10-12)15(16)7-9-17-8-6-13(2)11-17/h3-5,10,13,15H,6-9,11,16H2,1-2H3. The van der Waals surface area contributed by atoms with Crippen LogP contribution >= 0.6 is 0 Å². The molecule has 2 heteroatoms. The summed E-state index contributed by atoms with van der Waals surface area (Å²) >= 11 is 0. The quantitative estimate of drug-likeness (QED) is 0.865. The molecule has 0 amide bonds. The fourth-order valence-corrected chi connectivity index (χ4v) is 2.62. The van der Waals surface area contributed by atoms with E-state index >= 15 is 0 Å². The maximum absolute atomic E-state index is 6.25. The Morgan fingerprint density at radius 3 is 2.94 bits per heavy atom. The van der Waals surface area contributed by atoms with E-state index in [0.717, 1.165) is 18.9 Å². The topological polar surface area (TPSA) is 29.3 Å². The summed E-state index contributed by atoms with van der Waals surface area (Å²) in [6.07, 6.45) is 2.41. The van der Waals surface area contributed by atoms with E-state index in [0.29, 0.717) is 0 Å². The van der Waals surface area contributed by atoms with Gasteiger partial charge in [-0.15, -0.1) is 0 Å². The summed E-state index contributed by atoms with van der Waals surface area (Å²) < 4.78 is 0. The van der Waals surface area contributed by atoms with Gasteiger partial charge in [0.2, 0.25) is 0 Å². The zero-order valence-corrected chi connectivity index (χ0v) is 11.0. The maximum Gasteiger partial charge on any atom is 0.0307 e. The predicted molar refractivity (Wildman–Crippen MR) is 72.9 cm³/mol. The third kappa shape index (κ3) is 3.55. The predicted octanol–water partition coefficient (Wildman–Crippen LogP) is 2.73. The van der Waals surface area contributed by atoms with Gasteiger partial charge < -0.3 is 10.6 Å². The highest BCUT2D eigenvalue weighted by Gasteiger charge is 2.18. The number of benzene rings is 1. The Morgan fingerprint density at radius 2 is 2.29 bits per heavy atom. The normalized spacial score (nSPS) is 22.9. The van der Waals surface area contributed by atoms with E-state index in [-0.39, 0.29) is 6.04 Å². The molecule has 2 unspecified atom stereocenters. The van der Waals surface area contributed by atoms with E-state index in [1.807, 2.05) is 0 Å². The van der Waals surface area contributed by atoms with Crippen molar-refractivity contribution in [3.63, 3.8) is 0 Å². The van der Waals surface area contributed by atoms with E-state index in [1.165, 1.54) is 30.6 Å². The summed E-state index contributed by atoms with van der Waals surface area (Å²) in [4.78, 5) is 2.54. The van der Waals surface area contributed by atoms with Gasteiger partial charge in [0.1, 0.15) is 0 Å². The van der Waals surface area contributed by atoms with Crippen LogP contribution in [0.3, 0.4) is 0 Å². The van der Waals surface area contributed by atoms with Crippen LogP contribution in [0.2, 0.25) is 0 Å². The Labute approximate surface area is 105 Å². The minimum absolute atomic E-state index is 0.186. The largest absolute Gasteiger partial charge is 0.324 e. The first kappa shape index (κ1) is 12.6. The lowest BCUT2D eigenvalue weighted by atomic mass is 10.0. The van der Waals surface area contributed by atoms with Crippen LogP contribution in [0, 0.1) is 12.8 Å². The molecular formula is C15H24N2. The molecule has 0 spiro atoms. The molecule has 1 aromatic rings. The lowest BCUT2D eigenvalue weighted by Crippen LogP contribution is -2.25. The van der Waals surface area contributed by atoms with Crippen LogP contribution in [0.4, 0.5) is 0 Å². The molecule has 2 atom stereocenters. The fraction of sp³-hybridized carbons (Fsp3) is 0.600. The van der Waals surface area contributed by atoms with Crippen molar-refractivity contribution in [1.29, 1.82) is 0 Å². The van der Waals surface area contributed by atoms with Gasteiger partial charge in [0.25, 0.3) is 0 Å².